The zero-order chi connectivity index (χ0) is 23.9. The summed E-state index contributed by atoms with van der Waals surface area (Å²) in [6.45, 7) is 2.51. The number of carbonyl (C=O) groups excluding carboxylic acids is 3. The highest BCUT2D eigenvalue weighted by molar-refractivity contribution is 7.10. The van der Waals surface area contributed by atoms with Gasteiger partial charge in [-0.25, -0.2) is 9.59 Å². The molecule has 0 saturated carbocycles. The number of aromatic nitrogens is 3. The molecule has 0 bridgehead atoms. The fraction of sp³-hybridized carbons (Fsp3) is 0.304. The second-order valence-electron chi connectivity index (χ2n) is 7.59. The molecule has 34 heavy (non-hydrogen) atoms. The third-order valence-electron chi connectivity index (χ3n) is 5.43. The fourth-order valence-corrected chi connectivity index (χ4v) is 4.40. The molecule has 3 heterocycles. The van der Waals surface area contributed by atoms with Crippen LogP contribution in [0.3, 0.4) is 0 Å². The minimum Gasteiger partial charge on any atom is -0.462 e. The van der Waals surface area contributed by atoms with Crippen LogP contribution in [0.5, 0.6) is 0 Å². The second kappa shape index (κ2) is 10.8. The summed E-state index contributed by atoms with van der Waals surface area (Å²) in [6.07, 6.45) is 6.20. The van der Waals surface area contributed by atoms with E-state index in [0.717, 1.165) is 36.4 Å². The van der Waals surface area contributed by atoms with Gasteiger partial charge < -0.3 is 15.0 Å². The molecule has 0 radical (unpaired) electrons. The largest absolute Gasteiger partial charge is 0.462 e. The number of pyridine rings is 1. The lowest BCUT2D eigenvalue weighted by molar-refractivity contribution is 0.0527. The Morgan fingerprint density at radius 2 is 2.00 bits per heavy atom. The summed E-state index contributed by atoms with van der Waals surface area (Å²) in [7, 11) is 0. The molecule has 176 valence electrons. The molecule has 2 aromatic heterocycles. The lowest BCUT2D eigenvalue weighted by atomic mass is 9.97. The highest BCUT2D eigenvalue weighted by atomic mass is 32.1. The molecular formula is C23H24N6O4S. The number of nitrogens with zero attached hydrogens (tertiary/aromatic N) is 4. The van der Waals surface area contributed by atoms with Crippen LogP contribution in [0.2, 0.25) is 0 Å². The van der Waals surface area contributed by atoms with Crippen molar-refractivity contribution in [3.63, 3.8) is 0 Å². The maximum Gasteiger partial charge on any atom is 0.340 e. The highest BCUT2D eigenvalue weighted by Gasteiger charge is 2.30. The Kier molecular flexibility index (Phi) is 7.43. The predicted octanol–water partition coefficient (Wildman–Crippen LogP) is 4.12. The van der Waals surface area contributed by atoms with Gasteiger partial charge in [-0.3, -0.25) is 15.1 Å². The normalized spacial score (nSPS) is 15.4. The first-order chi connectivity index (χ1) is 16.6. The Morgan fingerprint density at radius 1 is 1.15 bits per heavy atom. The first-order valence-electron chi connectivity index (χ1n) is 11.0. The maximum atomic E-state index is 13.2. The molecule has 3 aromatic rings. The number of anilines is 2. The smallest absolute Gasteiger partial charge is 0.340 e. The Hall–Kier alpha value is -3.86. The summed E-state index contributed by atoms with van der Waals surface area (Å²) < 4.78 is 8.89. The number of rotatable bonds is 6. The van der Waals surface area contributed by atoms with E-state index in [0.29, 0.717) is 6.54 Å². The van der Waals surface area contributed by atoms with Crippen LogP contribution >= 0.6 is 11.5 Å². The summed E-state index contributed by atoms with van der Waals surface area (Å²) in [4.78, 5) is 44.2. The van der Waals surface area contributed by atoms with Gasteiger partial charge in [-0.1, -0.05) is 22.7 Å². The average molecular weight is 481 g/mol. The highest BCUT2D eigenvalue weighted by Crippen LogP contribution is 2.31. The van der Waals surface area contributed by atoms with Gasteiger partial charge in [0.05, 0.1) is 23.9 Å². The second-order valence-corrected chi connectivity index (χ2v) is 8.35. The number of ether oxygens (including phenoxy) is 1. The zero-order valence-corrected chi connectivity index (χ0v) is 19.4. The van der Waals surface area contributed by atoms with E-state index < -0.39 is 11.9 Å². The molecule has 1 atom stereocenters. The summed E-state index contributed by atoms with van der Waals surface area (Å²) in [6, 6.07) is 9.89. The molecule has 0 aliphatic carbocycles. The Labute approximate surface area is 200 Å². The zero-order valence-electron chi connectivity index (χ0n) is 18.6. The molecule has 11 heteroatoms. The van der Waals surface area contributed by atoms with Crippen LogP contribution in [-0.2, 0) is 4.74 Å². The number of para-hydroxylation sites is 1. The van der Waals surface area contributed by atoms with Gasteiger partial charge in [-0.05, 0) is 49.9 Å². The van der Waals surface area contributed by atoms with Gasteiger partial charge in [-0.2, -0.15) is 0 Å². The fourth-order valence-electron chi connectivity index (χ4n) is 3.84. The minimum absolute atomic E-state index is 0.0352. The quantitative estimate of drug-likeness (QED) is 0.508. The van der Waals surface area contributed by atoms with Crippen molar-refractivity contribution in [1.82, 2.24) is 19.5 Å². The van der Waals surface area contributed by atoms with Gasteiger partial charge >= 0.3 is 12.0 Å². The number of likely N-dealkylation sites (tertiary alicyclic amines) is 1. The molecule has 4 rings (SSSR count). The number of nitrogens with one attached hydrogen (secondary N) is 2. The Morgan fingerprint density at radius 3 is 2.79 bits per heavy atom. The van der Waals surface area contributed by atoms with E-state index in [4.69, 9.17) is 4.74 Å². The lowest BCUT2D eigenvalue weighted by Crippen LogP contribution is -2.41. The standard InChI is InChI=1S/C23H24N6O4S/c1-2-33-22(31)16-9-3-4-10-17(16)25-20(30)19-21(34-28-27-19)26-23(32)29-13-6-5-11-18(29)15-8-7-12-24-14-15/h3-4,7-10,12,14,18H,2,5-6,11,13H2,1H3,(H,25,30)(H,26,32). The number of urea groups is 1. The van der Waals surface area contributed by atoms with E-state index in [1.54, 1.807) is 48.5 Å². The van der Waals surface area contributed by atoms with Crippen molar-refractivity contribution in [2.45, 2.75) is 32.2 Å². The number of carbonyl (C=O) groups is 3. The predicted molar refractivity (Wildman–Crippen MR) is 127 cm³/mol. The SMILES string of the molecule is CCOC(=O)c1ccccc1NC(=O)c1nnsc1NC(=O)N1CCCCC1c1cccnc1. The van der Waals surface area contributed by atoms with Gasteiger partial charge in [0.25, 0.3) is 5.91 Å². The first kappa shape index (κ1) is 23.3. The molecule has 1 unspecified atom stereocenters. The van der Waals surface area contributed by atoms with Crippen molar-refractivity contribution in [2.75, 3.05) is 23.8 Å². The van der Waals surface area contributed by atoms with Crippen molar-refractivity contribution in [2.24, 2.45) is 0 Å². The number of hydrogen-bond acceptors (Lipinski definition) is 8. The molecule has 1 saturated heterocycles. The minimum atomic E-state index is -0.594. The molecule has 2 N–H and O–H groups in total. The third-order valence-corrected chi connectivity index (χ3v) is 6.07. The first-order valence-corrected chi connectivity index (χ1v) is 11.7. The number of benzene rings is 1. The molecule has 3 amide bonds. The van der Waals surface area contributed by atoms with E-state index in [1.165, 1.54) is 0 Å². The molecule has 1 aliphatic heterocycles. The van der Waals surface area contributed by atoms with Crippen molar-refractivity contribution in [1.29, 1.82) is 0 Å². The molecule has 10 nitrogen and oxygen atoms in total. The summed E-state index contributed by atoms with van der Waals surface area (Å²) >= 11 is 0.912. The molecule has 1 aliphatic rings. The van der Waals surface area contributed by atoms with E-state index in [9.17, 15) is 14.4 Å². The molecule has 1 fully saturated rings. The number of amides is 3. The molecular weight excluding hydrogens is 456 g/mol. The Balaban J connectivity index is 1.49. The van der Waals surface area contributed by atoms with Crippen molar-refractivity contribution in [3.8, 4) is 0 Å². The number of piperidine rings is 1. The van der Waals surface area contributed by atoms with E-state index in [1.807, 2.05) is 12.1 Å². The summed E-state index contributed by atoms with van der Waals surface area (Å²) in [5.74, 6) is -1.14. The van der Waals surface area contributed by atoms with Gasteiger partial charge in [-0.15, -0.1) is 5.10 Å². The van der Waals surface area contributed by atoms with Crippen LogP contribution in [-0.4, -0.2) is 50.5 Å². The van der Waals surface area contributed by atoms with E-state index in [-0.39, 0.29) is 40.6 Å². The van der Waals surface area contributed by atoms with Gasteiger partial charge in [0.15, 0.2) is 10.7 Å². The van der Waals surface area contributed by atoms with Gasteiger partial charge in [0.2, 0.25) is 0 Å². The number of hydrogen-bond donors (Lipinski definition) is 2. The van der Waals surface area contributed by atoms with Crippen LogP contribution in [0.1, 0.15) is 58.6 Å². The summed E-state index contributed by atoms with van der Waals surface area (Å²) in [5, 5.41) is 9.59. The van der Waals surface area contributed by atoms with Crippen LogP contribution in [0.25, 0.3) is 0 Å². The molecule has 1 aromatic carbocycles. The van der Waals surface area contributed by atoms with Crippen LogP contribution in [0.4, 0.5) is 15.5 Å². The van der Waals surface area contributed by atoms with Crippen molar-refractivity contribution < 1.29 is 19.1 Å². The maximum absolute atomic E-state index is 13.2. The summed E-state index contributed by atoms with van der Waals surface area (Å²) in [5.41, 5.74) is 1.43. The lowest BCUT2D eigenvalue weighted by Gasteiger charge is -2.35. The Bertz CT molecular complexity index is 1170. The van der Waals surface area contributed by atoms with Gasteiger partial charge in [0.1, 0.15) is 0 Å². The van der Waals surface area contributed by atoms with Crippen molar-refractivity contribution in [3.05, 3.63) is 65.6 Å². The average Bonchev–Trinajstić information content (AvgIpc) is 3.33. The number of esters is 1. The topological polar surface area (TPSA) is 126 Å². The van der Waals surface area contributed by atoms with E-state index in [2.05, 4.69) is 25.2 Å². The third kappa shape index (κ3) is 5.20. The molecule has 0 spiro atoms. The van der Waals surface area contributed by atoms with Gasteiger partial charge in [0, 0.05) is 30.5 Å². The van der Waals surface area contributed by atoms with E-state index >= 15 is 0 Å². The van der Waals surface area contributed by atoms with Crippen molar-refractivity contribution >= 4 is 40.1 Å². The van der Waals surface area contributed by atoms with Crippen LogP contribution in [0, 0.1) is 0 Å². The monoisotopic (exact) mass is 480 g/mol. The van der Waals surface area contributed by atoms with Crippen LogP contribution in [0.15, 0.2) is 48.8 Å². The van der Waals surface area contributed by atoms with Crippen LogP contribution < -0.4 is 10.6 Å².